The summed E-state index contributed by atoms with van der Waals surface area (Å²) in [7, 11) is -4.45. The molecule has 35 heavy (non-hydrogen) atoms. The number of H-pyrrole nitrogens is 1. The quantitative estimate of drug-likeness (QED) is 0.389. The molecule has 4 atom stereocenters. The summed E-state index contributed by atoms with van der Waals surface area (Å²) in [6.07, 6.45) is -5.10. The number of aromatic nitrogens is 2. The van der Waals surface area contributed by atoms with Gasteiger partial charge >= 0.3 is 17.6 Å². The topological polar surface area (TPSA) is 184 Å². The van der Waals surface area contributed by atoms with Crippen LogP contribution in [0.1, 0.15) is 31.2 Å². The third kappa shape index (κ3) is 5.83. The number of aromatic amines is 1. The van der Waals surface area contributed by atoms with Crippen LogP contribution < -0.4 is 11.2 Å². The van der Waals surface area contributed by atoms with Crippen molar-refractivity contribution in [1.82, 2.24) is 9.55 Å². The molecule has 0 amide bonds. The van der Waals surface area contributed by atoms with E-state index in [1.54, 1.807) is 25.1 Å². The average Bonchev–Trinajstić information content (AvgIpc) is 3.08. The van der Waals surface area contributed by atoms with Crippen molar-refractivity contribution in [3.8, 4) is 6.07 Å². The second kappa shape index (κ2) is 10.2. The highest BCUT2D eigenvalue weighted by molar-refractivity contribution is 7.86. The summed E-state index contributed by atoms with van der Waals surface area (Å²) >= 11 is 0. The molecule has 0 radical (unpaired) electrons. The van der Waals surface area contributed by atoms with E-state index in [9.17, 15) is 27.6 Å². The first-order valence-corrected chi connectivity index (χ1v) is 11.6. The van der Waals surface area contributed by atoms with Crippen LogP contribution in [0.15, 0.2) is 44.9 Å². The molecular weight excluding hydrogens is 486 g/mol. The van der Waals surface area contributed by atoms with E-state index in [0.29, 0.717) is 0 Å². The van der Waals surface area contributed by atoms with Crippen LogP contribution in [0.3, 0.4) is 0 Å². The Balaban J connectivity index is 2.08. The minimum absolute atomic E-state index is 0.202. The largest absolute Gasteiger partial charge is 0.463 e. The van der Waals surface area contributed by atoms with Crippen LogP contribution in [0, 0.1) is 18.3 Å². The van der Waals surface area contributed by atoms with Gasteiger partial charge in [0.1, 0.15) is 30.4 Å². The average molecular weight is 507 g/mol. The number of nitrogens with one attached hydrogen (secondary N) is 1. The number of nitrogens with zero attached hydrogens (tertiary/aromatic N) is 2. The number of rotatable bonds is 7. The molecule has 14 heteroatoms. The van der Waals surface area contributed by atoms with Crippen molar-refractivity contribution in [1.29, 1.82) is 5.26 Å². The molecule has 2 aromatic rings. The lowest BCUT2D eigenvalue weighted by Gasteiger charge is -2.24. The van der Waals surface area contributed by atoms with Gasteiger partial charge in [-0.25, -0.2) is 4.79 Å². The third-order valence-corrected chi connectivity index (χ3v) is 6.27. The van der Waals surface area contributed by atoms with Crippen molar-refractivity contribution >= 4 is 22.1 Å². The Hall–Kier alpha value is -3.80. The maximum atomic E-state index is 13.0. The molecule has 0 saturated carbocycles. The molecule has 1 aliphatic heterocycles. The zero-order valence-corrected chi connectivity index (χ0v) is 19.6. The van der Waals surface area contributed by atoms with E-state index in [2.05, 4.69) is 0 Å². The number of ether oxygens (including phenoxy) is 3. The van der Waals surface area contributed by atoms with Gasteiger partial charge in [0.2, 0.25) is 0 Å². The van der Waals surface area contributed by atoms with E-state index in [-0.39, 0.29) is 4.90 Å². The summed E-state index contributed by atoms with van der Waals surface area (Å²) in [6.45, 7) is 3.40. The summed E-state index contributed by atoms with van der Waals surface area (Å²) < 4.78 is 48.0. The van der Waals surface area contributed by atoms with Crippen molar-refractivity contribution in [2.24, 2.45) is 0 Å². The van der Waals surface area contributed by atoms with Crippen LogP contribution in [-0.4, -0.2) is 54.8 Å². The number of esters is 2. The molecular formula is C21H21N3O10S. The predicted octanol–water partition coefficient (Wildman–Crippen LogP) is -0.117. The molecule has 1 fully saturated rings. The van der Waals surface area contributed by atoms with E-state index in [1.807, 2.05) is 4.98 Å². The summed E-state index contributed by atoms with van der Waals surface area (Å²) in [6, 6.07) is 7.33. The first-order valence-electron chi connectivity index (χ1n) is 10.1. The minimum Gasteiger partial charge on any atom is -0.463 e. The molecule has 1 aromatic heterocycles. The van der Waals surface area contributed by atoms with E-state index < -0.39 is 70.0 Å². The molecule has 3 rings (SSSR count). The van der Waals surface area contributed by atoms with Crippen LogP contribution in [0.5, 0.6) is 0 Å². The van der Waals surface area contributed by atoms with Crippen molar-refractivity contribution < 1.29 is 36.4 Å². The fraction of sp³-hybridized carbons (Fsp3) is 0.381. The fourth-order valence-corrected chi connectivity index (χ4v) is 4.47. The van der Waals surface area contributed by atoms with Gasteiger partial charge in [-0.1, -0.05) is 17.7 Å². The summed E-state index contributed by atoms with van der Waals surface area (Å²) in [4.78, 5) is 49.2. The van der Waals surface area contributed by atoms with E-state index >= 15 is 0 Å². The summed E-state index contributed by atoms with van der Waals surface area (Å²) in [5.74, 6) is -1.58. The molecule has 1 aliphatic rings. The van der Waals surface area contributed by atoms with Gasteiger partial charge in [0.25, 0.3) is 15.7 Å². The molecule has 186 valence electrons. The number of aryl methyl sites for hydroxylation is 1. The van der Waals surface area contributed by atoms with Gasteiger partial charge < -0.3 is 14.2 Å². The number of carbonyl (C=O) groups excluding carboxylic acids is 2. The Labute approximate surface area is 198 Å². The van der Waals surface area contributed by atoms with Crippen LogP contribution in [0.2, 0.25) is 0 Å². The Morgan fingerprint density at radius 1 is 1.14 bits per heavy atom. The van der Waals surface area contributed by atoms with Crippen molar-refractivity contribution in [2.75, 3.05) is 6.61 Å². The number of nitriles is 1. The smallest absolute Gasteiger partial charge is 0.330 e. The monoisotopic (exact) mass is 507 g/mol. The lowest BCUT2D eigenvalue weighted by atomic mass is 10.1. The zero-order chi connectivity index (χ0) is 25.9. The first-order chi connectivity index (χ1) is 16.4. The van der Waals surface area contributed by atoms with Gasteiger partial charge in [-0.3, -0.25) is 28.1 Å². The van der Waals surface area contributed by atoms with Crippen molar-refractivity contribution in [3.05, 3.63) is 62.4 Å². The van der Waals surface area contributed by atoms with Crippen LogP contribution in [0.4, 0.5) is 0 Å². The minimum atomic E-state index is -4.45. The number of hydrogen-bond donors (Lipinski definition) is 1. The van der Waals surface area contributed by atoms with Crippen molar-refractivity contribution in [2.45, 2.75) is 50.2 Å². The molecule has 0 unspecified atom stereocenters. The Bertz CT molecular complexity index is 1390. The lowest BCUT2D eigenvalue weighted by molar-refractivity contribution is -0.155. The highest BCUT2D eigenvalue weighted by Gasteiger charge is 2.51. The number of benzene rings is 1. The van der Waals surface area contributed by atoms with E-state index in [4.69, 9.17) is 23.7 Å². The van der Waals surface area contributed by atoms with Gasteiger partial charge in [0, 0.05) is 20.0 Å². The fourth-order valence-electron chi connectivity index (χ4n) is 3.36. The molecule has 1 saturated heterocycles. The SMILES string of the molecule is CC(=O)OC[C@H]1O[C@@H](n2cc(C#N)c(=O)[nH]c2=O)[C@H](OC(C)=O)[C@H]1OS(=O)(=O)c1ccc(C)cc1. The first kappa shape index (κ1) is 25.8. The normalized spacial score (nSPS) is 21.8. The van der Waals surface area contributed by atoms with Gasteiger partial charge in [-0.15, -0.1) is 0 Å². The third-order valence-electron chi connectivity index (χ3n) is 4.95. The highest BCUT2D eigenvalue weighted by atomic mass is 32.2. The Kier molecular flexibility index (Phi) is 7.54. The maximum absolute atomic E-state index is 13.0. The maximum Gasteiger partial charge on any atom is 0.330 e. The predicted molar refractivity (Wildman–Crippen MR) is 115 cm³/mol. The number of carbonyl (C=O) groups is 2. The second-order valence-electron chi connectivity index (χ2n) is 7.59. The van der Waals surface area contributed by atoms with Crippen molar-refractivity contribution in [3.63, 3.8) is 0 Å². The van der Waals surface area contributed by atoms with E-state index in [1.165, 1.54) is 12.1 Å². The Morgan fingerprint density at radius 2 is 1.80 bits per heavy atom. The molecule has 0 spiro atoms. The lowest BCUT2D eigenvalue weighted by Crippen LogP contribution is -2.43. The van der Waals surface area contributed by atoms with Gasteiger partial charge in [-0.05, 0) is 19.1 Å². The van der Waals surface area contributed by atoms with Crippen LogP contribution in [0.25, 0.3) is 0 Å². The van der Waals surface area contributed by atoms with Crippen LogP contribution >= 0.6 is 0 Å². The molecule has 13 nitrogen and oxygen atoms in total. The van der Waals surface area contributed by atoms with E-state index in [0.717, 1.165) is 30.2 Å². The van der Waals surface area contributed by atoms with Gasteiger partial charge in [-0.2, -0.15) is 13.7 Å². The molecule has 0 bridgehead atoms. The Morgan fingerprint density at radius 3 is 2.37 bits per heavy atom. The summed E-state index contributed by atoms with van der Waals surface area (Å²) in [5.41, 5.74) is -1.64. The van der Waals surface area contributed by atoms with Gasteiger partial charge in [0.15, 0.2) is 12.3 Å². The molecule has 0 aliphatic carbocycles. The summed E-state index contributed by atoms with van der Waals surface area (Å²) in [5, 5.41) is 9.16. The molecule has 1 N–H and O–H groups in total. The number of hydrogen-bond acceptors (Lipinski definition) is 11. The second-order valence-corrected chi connectivity index (χ2v) is 9.16. The van der Waals surface area contributed by atoms with Gasteiger partial charge in [0.05, 0.1) is 4.90 Å². The standard InChI is InChI=1S/C21H21N3O10S/c1-11-4-6-15(7-5-11)35(29,30)34-17-16(10-31-12(2)25)33-20(18(17)32-13(3)26)24-9-14(8-22)19(27)23-21(24)28/h4-7,9,16-18,20H,10H2,1-3H3,(H,23,27,28)/t16-,17+,18-,20-/m1/s1. The zero-order valence-electron chi connectivity index (χ0n) is 18.8. The molecule has 1 aromatic carbocycles. The highest BCUT2D eigenvalue weighted by Crippen LogP contribution is 2.35. The van der Waals surface area contributed by atoms with Crippen LogP contribution in [-0.2, 0) is 38.1 Å². The molecule has 2 heterocycles.